The summed E-state index contributed by atoms with van der Waals surface area (Å²) in [5.74, 6) is 1.73. The Morgan fingerprint density at radius 1 is 1.25 bits per heavy atom. The van der Waals surface area contributed by atoms with Crippen LogP contribution >= 0.6 is 35.3 Å². The van der Waals surface area contributed by atoms with Crippen molar-refractivity contribution >= 4 is 53.0 Å². The molecule has 0 aliphatic rings. The molecule has 154 valence electrons. The minimum absolute atomic E-state index is 0. The van der Waals surface area contributed by atoms with Crippen LogP contribution in [0, 0.1) is 12.8 Å². The number of aliphatic imine (C=N–C) groups is 1. The molecule has 2 rings (SSSR count). The van der Waals surface area contributed by atoms with Crippen molar-refractivity contribution in [3.63, 3.8) is 0 Å². The number of pyridine rings is 1. The van der Waals surface area contributed by atoms with E-state index >= 15 is 0 Å². The SMILES string of the molecule is CCNC(=NCC(C)Cc1cccs1)NCCC(=O)Nc1cccc(C)n1.I. The maximum absolute atomic E-state index is 12.1. The topological polar surface area (TPSA) is 78.4 Å². The van der Waals surface area contributed by atoms with Crippen LogP contribution in [0.15, 0.2) is 40.7 Å². The van der Waals surface area contributed by atoms with E-state index in [9.17, 15) is 4.79 Å². The number of halogens is 1. The Bertz CT molecular complexity index is 736. The van der Waals surface area contributed by atoms with Crippen molar-refractivity contribution in [2.24, 2.45) is 10.9 Å². The molecule has 0 aromatic carbocycles. The molecule has 0 bridgehead atoms. The molecule has 28 heavy (non-hydrogen) atoms. The lowest BCUT2D eigenvalue weighted by atomic mass is 10.1. The second-order valence-corrected chi connectivity index (χ2v) is 7.53. The summed E-state index contributed by atoms with van der Waals surface area (Å²) in [5, 5.41) is 11.4. The fourth-order valence-corrected chi connectivity index (χ4v) is 3.41. The molecule has 0 aliphatic carbocycles. The zero-order valence-corrected chi connectivity index (χ0v) is 19.8. The first-order valence-electron chi connectivity index (χ1n) is 9.35. The number of nitrogens with zero attached hydrogens (tertiary/aromatic N) is 2. The summed E-state index contributed by atoms with van der Waals surface area (Å²) in [7, 11) is 0. The van der Waals surface area contributed by atoms with Gasteiger partial charge in [0.05, 0.1) is 0 Å². The predicted octanol–water partition coefficient (Wildman–Crippen LogP) is 3.83. The van der Waals surface area contributed by atoms with E-state index in [1.807, 2.05) is 26.0 Å². The number of carbonyl (C=O) groups excluding carboxylic acids is 1. The van der Waals surface area contributed by atoms with Crippen LogP contribution in [0.5, 0.6) is 0 Å². The molecule has 8 heteroatoms. The first-order valence-corrected chi connectivity index (χ1v) is 10.2. The number of hydrogen-bond donors (Lipinski definition) is 3. The quantitative estimate of drug-likeness (QED) is 0.270. The van der Waals surface area contributed by atoms with Crippen LogP contribution in [-0.2, 0) is 11.2 Å². The summed E-state index contributed by atoms with van der Waals surface area (Å²) in [4.78, 5) is 22.4. The molecule has 6 nitrogen and oxygen atoms in total. The van der Waals surface area contributed by atoms with Crippen LogP contribution in [0.4, 0.5) is 5.82 Å². The van der Waals surface area contributed by atoms with Crippen molar-refractivity contribution in [2.75, 3.05) is 25.0 Å². The molecule has 2 aromatic rings. The minimum atomic E-state index is -0.0671. The van der Waals surface area contributed by atoms with E-state index in [-0.39, 0.29) is 29.9 Å². The van der Waals surface area contributed by atoms with Gasteiger partial charge in [-0.05, 0) is 49.8 Å². The highest BCUT2D eigenvalue weighted by atomic mass is 127. The van der Waals surface area contributed by atoms with Gasteiger partial charge >= 0.3 is 0 Å². The van der Waals surface area contributed by atoms with E-state index in [4.69, 9.17) is 0 Å². The molecule has 0 aliphatic heterocycles. The van der Waals surface area contributed by atoms with Crippen molar-refractivity contribution in [1.29, 1.82) is 0 Å². The molecule has 1 unspecified atom stereocenters. The Balaban J connectivity index is 0.00000392. The number of hydrogen-bond acceptors (Lipinski definition) is 4. The van der Waals surface area contributed by atoms with Gasteiger partial charge in [0.1, 0.15) is 5.82 Å². The number of nitrogens with one attached hydrogen (secondary N) is 3. The minimum Gasteiger partial charge on any atom is -0.357 e. The Labute approximate surface area is 188 Å². The van der Waals surface area contributed by atoms with Gasteiger partial charge in [0.15, 0.2) is 5.96 Å². The normalized spacial score (nSPS) is 12.0. The predicted molar refractivity (Wildman–Crippen MR) is 129 cm³/mol. The summed E-state index contributed by atoms with van der Waals surface area (Å²) in [6.45, 7) is 8.17. The first kappa shape index (κ1) is 24.4. The molecule has 2 aromatic heterocycles. The Morgan fingerprint density at radius 2 is 2.07 bits per heavy atom. The van der Waals surface area contributed by atoms with E-state index in [0.717, 1.165) is 31.2 Å². The van der Waals surface area contributed by atoms with Gasteiger partial charge in [-0.25, -0.2) is 4.98 Å². The first-order chi connectivity index (χ1) is 13.1. The highest BCUT2D eigenvalue weighted by Gasteiger charge is 2.07. The third-order valence-electron chi connectivity index (χ3n) is 3.84. The van der Waals surface area contributed by atoms with Crippen LogP contribution in [0.2, 0.25) is 0 Å². The maximum atomic E-state index is 12.1. The summed E-state index contributed by atoms with van der Waals surface area (Å²) < 4.78 is 0. The zero-order valence-electron chi connectivity index (χ0n) is 16.7. The standard InChI is InChI=1S/C20H29N5OS.HI/c1-4-21-20(23-14-15(2)13-17-8-6-12-27-17)22-11-10-19(26)25-18-9-5-7-16(3)24-18;/h5-9,12,15H,4,10-11,13-14H2,1-3H3,(H2,21,22,23)(H,24,25,26);1H. The highest BCUT2D eigenvalue weighted by molar-refractivity contribution is 14.0. The van der Waals surface area contributed by atoms with E-state index in [1.165, 1.54) is 4.88 Å². The molecule has 2 heterocycles. The molecule has 0 saturated heterocycles. The largest absolute Gasteiger partial charge is 0.357 e. The van der Waals surface area contributed by atoms with Crippen LogP contribution < -0.4 is 16.0 Å². The van der Waals surface area contributed by atoms with Crippen molar-refractivity contribution in [1.82, 2.24) is 15.6 Å². The molecule has 0 fully saturated rings. The molecular weight excluding hydrogens is 485 g/mol. The van der Waals surface area contributed by atoms with Crippen molar-refractivity contribution < 1.29 is 4.79 Å². The van der Waals surface area contributed by atoms with Crippen molar-refractivity contribution in [2.45, 2.75) is 33.6 Å². The number of anilines is 1. The summed E-state index contributed by atoms with van der Waals surface area (Å²) in [5.41, 5.74) is 0.879. The smallest absolute Gasteiger partial charge is 0.227 e. The van der Waals surface area contributed by atoms with Gasteiger partial charge in [-0.1, -0.05) is 19.1 Å². The fourth-order valence-electron chi connectivity index (χ4n) is 2.54. The molecule has 1 amide bonds. The third kappa shape index (κ3) is 9.50. The highest BCUT2D eigenvalue weighted by Crippen LogP contribution is 2.14. The van der Waals surface area contributed by atoms with E-state index in [2.05, 4.69) is 50.4 Å². The number of amides is 1. The van der Waals surface area contributed by atoms with Crippen LogP contribution in [-0.4, -0.2) is 36.5 Å². The zero-order chi connectivity index (χ0) is 19.5. The Morgan fingerprint density at radius 3 is 2.75 bits per heavy atom. The number of aromatic nitrogens is 1. The van der Waals surface area contributed by atoms with Gasteiger partial charge in [0, 0.05) is 36.6 Å². The molecule has 0 spiro atoms. The number of carbonyl (C=O) groups is 1. The monoisotopic (exact) mass is 515 g/mol. The number of thiophene rings is 1. The van der Waals surface area contributed by atoms with Crippen LogP contribution in [0.1, 0.15) is 30.8 Å². The second-order valence-electron chi connectivity index (χ2n) is 6.50. The number of guanidine groups is 1. The average molecular weight is 515 g/mol. The molecular formula is C20H30IN5OS. The molecule has 0 radical (unpaired) electrons. The van der Waals surface area contributed by atoms with E-state index < -0.39 is 0 Å². The van der Waals surface area contributed by atoms with Crippen molar-refractivity contribution in [3.05, 3.63) is 46.3 Å². The van der Waals surface area contributed by atoms with E-state index in [0.29, 0.717) is 24.7 Å². The Kier molecular flexibility index (Phi) is 11.7. The molecule has 3 N–H and O–H groups in total. The number of aryl methyl sites for hydroxylation is 1. The van der Waals surface area contributed by atoms with Crippen molar-refractivity contribution in [3.8, 4) is 0 Å². The fraction of sp³-hybridized carbons (Fsp3) is 0.450. The maximum Gasteiger partial charge on any atom is 0.227 e. The van der Waals surface area contributed by atoms with Gasteiger partial charge in [-0.2, -0.15) is 0 Å². The number of rotatable bonds is 9. The Hall–Kier alpha value is -1.68. The lowest BCUT2D eigenvalue weighted by Crippen LogP contribution is -2.39. The average Bonchev–Trinajstić information content (AvgIpc) is 3.12. The van der Waals surface area contributed by atoms with Crippen LogP contribution in [0.3, 0.4) is 0 Å². The van der Waals surface area contributed by atoms with Gasteiger partial charge < -0.3 is 16.0 Å². The van der Waals surface area contributed by atoms with Gasteiger partial charge in [-0.3, -0.25) is 9.79 Å². The van der Waals surface area contributed by atoms with Gasteiger partial charge in [0.2, 0.25) is 5.91 Å². The lowest BCUT2D eigenvalue weighted by Gasteiger charge is -2.13. The van der Waals surface area contributed by atoms with Crippen LogP contribution in [0.25, 0.3) is 0 Å². The third-order valence-corrected chi connectivity index (χ3v) is 4.73. The molecule has 0 saturated carbocycles. The van der Waals surface area contributed by atoms with Gasteiger partial charge in [-0.15, -0.1) is 35.3 Å². The van der Waals surface area contributed by atoms with Gasteiger partial charge in [0.25, 0.3) is 0 Å². The second kappa shape index (κ2) is 13.5. The summed E-state index contributed by atoms with van der Waals surface area (Å²) in [6.07, 6.45) is 1.39. The van der Waals surface area contributed by atoms with E-state index in [1.54, 1.807) is 17.4 Å². The summed E-state index contributed by atoms with van der Waals surface area (Å²) in [6, 6.07) is 9.81. The lowest BCUT2D eigenvalue weighted by molar-refractivity contribution is -0.116. The molecule has 1 atom stereocenters. The summed E-state index contributed by atoms with van der Waals surface area (Å²) >= 11 is 1.79.